The first-order chi connectivity index (χ1) is 17.6. The zero-order chi connectivity index (χ0) is 25.1. The molecular weight excluding hydrogens is 452 g/mol. The van der Waals surface area contributed by atoms with E-state index in [9.17, 15) is 9.59 Å². The Morgan fingerprint density at radius 1 is 0.972 bits per heavy atom. The molecule has 0 aliphatic carbocycles. The van der Waals surface area contributed by atoms with E-state index < -0.39 is 0 Å². The van der Waals surface area contributed by atoms with Crippen LogP contribution in [0, 0.1) is 0 Å². The molecule has 2 aliphatic rings. The number of carbonyl (C=O) groups is 2. The van der Waals surface area contributed by atoms with Crippen molar-refractivity contribution < 1.29 is 14.3 Å². The van der Waals surface area contributed by atoms with Crippen molar-refractivity contribution in [2.75, 3.05) is 50.1 Å². The first-order valence-corrected chi connectivity index (χ1v) is 12.5. The van der Waals surface area contributed by atoms with Gasteiger partial charge in [0.05, 0.1) is 7.11 Å². The molecule has 7 nitrogen and oxygen atoms in total. The number of anilines is 2. The molecule has 7 heteroatoms. The Balaban J connectivity index is 1.27. The highest BCUT2D eigenvalue weighted by atomic mass is 16.5. The van der Waals surface area contributed by atoms with Crippen molar-refractivity contribution in [3.63, 3.8) is 0 Å². The molecule has 1 atom stereocenters. The van der Waals surface area contributed by atoms with Gasteiger partial charge in [-0.05, 0) is 55.0 Å². The number of nitrogens with one attached hydrogen (secondary N) is 1. The summed E-state index contributed by atoms with van der Waals surface area (Å²) < 4.78 is 5.25. The van der Waals surface area contributed by atoms with Crippen molar-refractivity contribution in [3.05, 3.63) is 89.5 Å². The van der Waals surface area contributed by atoms with E-state index in [-0.39, 0.29) is 18.0 Å². The lowest BCUT2D eigenvalue weighted by atomic mass is 10.1. The summed E-state index contributed by atoms with van der Waals surface area (Å²) in [5, 5.41) is 3.51. The van der Waals surface area contributed by atoms with Gasteiger partial charge in [0.1, 0.15) is 11.9 Å². The topological polar surface area (TPSA) is 65.1 Å². The molecular formula is C29H32N4O3. The van der Waals surface area contributed by atoms with Crippen molar-refractivity contribution in [2.45, 2.75) is 19.5 Å². The fourth-order valence-electron chi connectivity index (χ4n) is 5.04. The number of rotatable bonds is 7. The number of carbonyl (C=O) groups excluding carboxylic acids is 2. The maximum atomic E-state index is 13.3. The van der Waals surface area contributed by atoms with Crippen molar-refractivity contribution in [1.82, 2.24) is 9.80 Å². The molecule has 3 aromatic carbocycles. The van der Waals surface area contributed by atoms with Crippen LogP contribution in [0.3, 0.4) is 0 Å². The van der Waals surface area contributed by atoms with Crippen LogP contribution >= 0.6 is 0 Å². The van der Waals surface area contributed by atoms with Crippen LogP contribution in [0.5, 0.6) is 5.75 Å². The van der Waals surface area contributed by atoms with Crippen LogP contribution in [0.25, 0.3) is 0 Å². The van der Waals surface area contributed by atoms with Gasteiger partial charge >= 0.3 is 0 Å². The largest absolute Gasteiger partial charge is 0.497 e. The SMILES string of the molecule is CCCN1C(=O)c2ccccc2C1Nc1cccc(C(=O)N2CCN(c3ccc(OC)cc3)CC2)c1. The summed E-state index contributed by atoms with van der Waals surface area (Å²) in [6.45, 7) is 5.63. The van der Waals surface area contributed by atoms with Gasteiger partial charge in [-0.3, -0.25) is 9.59 Å². The molecule has 1 saturated heterocycles. The normalized spacial score (nSPS) is 17.2. The van der Waals surface area contributed by atoms with Crippen molar-refractivity contribution in [3.8, 4) is 5.75 Å². The van der Waals surface area contributed by atoms with Crippen LogP contribution in [0.4, 0.5) is 11.4 Å². The number of hydrogen-bond donors (Lipinski definition) is 1. The molecule has 0 bridgehead atoms. The Bertz CT molecular complexity index is 1240. The minimum Gasteiger partial charge on any atom is -0.497 e. The lowest BCUT2D eigenvalue weighted by Crippen LogP contribution is -2.48. The molecule has 186 valence electrons. The fraction of sp³-hybridized carbons (Fsp3) is 0.310. The third-order valence-electron chi connectivity index (χ3n) is 6.94. The molecule has 0 radical (unpaired) electrons. The maximum Gasteiger partial charge on any atom is 0.256 e. The summed E-state index contributed by atoms with van der Waals surface area (Å²) >= 11 is 0. The number of hydrogen-bond acceptors (Lipinski definition) is 5. The molecule has 2 amide bonds. The van der Waals surface area contributed by atoms with Crippen LogP contribution in [0.2, 0.25) is 0 Å². The van der Waals surface area contributed by atoms with Gasteiger partial charge in [0, 0.05) is 60.8 Å². The Morgan fingerprint density at radius 3 is 2.44 bits per heavy atom. The summed E-state index contributed by atoms with van der Waals surface area (Å²) in [6.07, 6.45) is 0.630. The second-order valence-corrected chi connectivity index (χ2v) is 9.19. The monoisotopic (exact) mass is 484 g/mol. The van der Waals surface area contributed by atoms with Crippen molar-refractivity contribution in [2.24, 2.45) is 0 Å². The van der Waals surface area contributed by atoms with E-state index in [1.165, 1.54) is 0 Å². The summed E-state index contributed by atoms with van der Waals surface area (Å²) in [5.74, 6) is 0.914. The van der Waals surface area contributed by atoms with E-state index >= 15 is 0 Å². The molecule has 1 fully saturated rings. The van der Waals surface area contributed by atoms with Gasteiger partial charge in [-0.2, -0.15) is 0 Å². The molecule has 1 unspecified atom stereocenters. The predicted molar refractivity (Wildman–Crippen MR) is 142 cm³/mol. The Labute approximate surface area is 212 Å². The summed E-state index contributed by atoms with van der Waals surface area (Å²) in [7, 11) is 1.66. The highest BCUT2D eigenvalue weighted by Crippen LogP contribution is 2.34. The lowest BCUT2D eigenvalue weighted by Gasteiger charge is -2.36. The van der Waals surface area contributed by atoms with Crippen LogP contribution in [0.15, 0.2) is 72.8 Å². The number of amides is 2. The number of fused-ring (bicyclic) bond motifs is 1. The Morgan fingerprint density at radius 2 is 1.72 bits per heavy atom. The molecule has 2 heterocycles. The summed E-state index contributed by atoms with van der Waals surface area (Å²) in [5.41, 5.74) is 4.33. The van der Waals surface area contributed by atoms with Gasteiger partial charge in [-0.25, -0.2) is 0 Å². The van der Waals surface area contributed by atoms with E-state index in [4.69, 9.17) is 4.74 Å². The van der Waals surface area contributed by atoms with E-state index in [0.717, 1.165) is 47.8 Å². The van der Waals surface area contributed by atoms with Gasteiger partial charge in [-0.1, -0.05) is 31.2 Å². The quantitative estimate of drug-likeness (QED) is 0.530. The lowest BCUT2D eigenvalue weighted by molar-refractivity contribution is 0.0735. The van der Waals surface area contributed by atoms with Gasteiger partial charge in [0.25, 0.3) is 11.8 Å². The molecule has 1 N–H and O–H groups in total. The van der Waals surface area contributed by atoms with Crippen molar-refractivity contribution >= 4 is 23.2 Å². The second-order valence-electron chi connectivity index (χ2n) is 9.19. The van der Waals surface area contributed by atoms with Gasteiger partial charge < -0.3 is 24.8 Å². The van der Waals surface area contributed by atoms with Crippen LogP contribution in [-0.4, -0.2) is 61.4 Å². The zero-order valence-corrected chi connectivity index (χ0v) is 20.8. The van der Waals surface area contributed by atoms with Crippen LogP contribution < -0.4 is 15.0 Å². The van der Waals surface area contributed by atoms with Crippen LogP contribution in [0.1, 0.15) is 45.8 Å². The molecule has 2 aliphatic heterocycles. The molecule has 36 heavy (non-hydrogen) atoms. The minimum atomic E-state index is -0.243. The Hall–Kier alpha value is -4.00. The number of methoxy groups -OCH3 is 1. The predicted octanol–water partition coefficient (Wildman–Crippen LogP) is 4.63. The highest BCUT2D eigenvalue weighted by molar-refractivity contribution is 5.99. The molecule has 0 spiro atoms. The van der Waals surface area contributed by atoms with E-state index in [1.54, 1.807) is 7.11 Å². The van der Waals surface area contributed by atoms with Gasteiger partial charge in [0.15, 0.2) is 0 Å². The summed E-state index contributed by atoms with van der Waals surface area (Å²) in [4.78, 5) is 32.4. The minimum absolute atomic E-state index is 0.0290. The van der Waals surface area contributed by atoms with E-state index in [2.05, 4.69) is 29.3 Å². The maximum absolute atomic E-state index is 13.3. The van der Waals surface area contributed by atoms with E-state index in [0.29, 0.717) is 25.2 Å². The van der Waals surface area contributed by atoms with Gasteiger partial charge in [-0.15, -0.1) is 0 Å². The summed E-state index contributed by atoms with van der Waals surface area (Å²) in [6, 6.07) is 23.4. The number of benzene rings is 3. The number of nitrogens with zero attached hydrogens (tertiary/aromatic N) is 3. The van der Waals surface area contributed by atoms with Crippen molar-refractivity contribution in [1.29, 1.82) is 0 Å². The zero-order valence-electron chi connectivity index (χ0n) is 20.8. The standard InChI is InChI=1S/C29H32N4O3/c1-3-15-33-27(25-9-4-5-10-26(25)29(33)35)30-22-8-6-7-21(20-22)28(34)32-18-16-31(17-19-32)23-11-13-24(36-2)14-12-23/h4-14,20,27,30H,3,15-19H2,1-2H3. The average molecular weight is 485 g/mol. The number of piperazine rings is 1. The molecule has 3 aromatic rings. The second kappa shape index (κ2) is 10.3. The van der Waals surface area contributed by atoms with E-state index in [1.807, 2.05) is 70.5 Å². The van der Waals surface area contributed by atoms with Gasteiger partial charge in [0.2, 0.25) is 0 Å². The third-order valence-corrected chi connectivity index (χ3v) is 6.94. The fourth-order valence-corrected chi connectivity index (χ4v) is 5.04. The molecule has 5 rings (SSSR count). The molecule has 0 aromatic heterocycles. The molecule has 0 saturated carbocycles. The smallest absolute Gasteiger partial charge is 0.256 e. The van der Waals surface area contributed by atoms with Crippen LogP contribution in [-0.2, 0) is 0 Å². The average Bonchev–Trinajstić information content (AvgIpc) is 3.19. The first-order valence-electron chi connectivity index (χ1n) is 12.5. The Kier molecular flexibility index (Phi) is 6.80. The number of ether oxygens (including phenoxy) is 1. The first kappa shape index (κ1) is 23.7. The third kappa shape index (κ3) is 4.61. The highest BCUT2D eigenvalue weighted by Gasteiger charge is 2.35.